The van der Waals surface area contributed by atoms with E-state index in [9.17, 15) is 4.79 Å². The summed E-state index contributed by atoms with van der Waals surface area (Å²) in [6.07, 6.45) is 0. The summed E-state index contributed by atoms with van der Waals surface area (Å²) in [5, 5.41) is 0. The normalized spacial score (nSPS) is 10.6. The topological polar surface area (TPSA) is 17.1 Å². The van der Waals surface area contributed by atoms with E-state index in [0.29, 0.717) is 19.8 Å². The zero-order valence-corrected chi connectivity index (χ0v) is 14.2. The van der Waals surface area contributed by atoms with Crippen LogP contribution in [-0.4, -0.2) is 5.78 Å². The predicted octanol–water partition coefficient (Wildman–Crippen LogP) is 5.65. The molecule has 0 spiro atoms. The summed E-state index contributed by atoms with van der Waals surface area (Å²) in [6.45, 7) is 0. The maximum absolute atomic E-state index is 12.3. The lowest BCUT2D eigenvalue weighted by atomic mass is 10.1. The van der Waals surface area contributed by atoms with E-state index < -0.39 is 0 Å². The average molecular weight is 462 g/mol. The van der Waals surface area contributed by atoms with Gasteiger partial charge in [-0.05, 0) is 46.9 Å². The summed E-state index contributed by atoms with van der Waals surface area (Å²) in [6, 6.07) is 7.15. The first kappa shape index (κ1) is 13.8. The van der Waals surface area contributed by atoms with Gasteiger partial charge < -0.3 is 0 Å². The number of rotatable bonds is 2. The first-order valence-electron chi connectivity index (χ1n) is 4.43. The Kier molecular flexibility index (Phi) is 4.52. The van der Waals surface area contributed by atoms with Crippen LogP contribution in [0.3, 0.4) is 0 Å². The highest BCUT2D eigenvalue weighted by atomic mass is 127. The zero-order chi connectivity index (χ0) is 12.6. The minimum atomic E-state index is -0.108. The van der Waals surface area contributed by atoms with Crippen molar-refractivity contribution in [2.24, 2.45) is 0 Å². The molecular formula is C11H4BrCl2IOS. The molecule has 1 heterocycles. The van der Waals surface area contributed by atoms with Gasteiger partial charge >= 0.3 is 0 Å². The SMILES string of the molecule is O=C(c1cc(Br)ccc1I)c1cc(Cl)sc1Cl. The van der Waals surface area contributed by atoms with Gasteiger partial charge in [-0.3, -0.25) is 4.79 Å². The van der Waals surface area contributed by atoms with Gasteiger partial charge in [0.25, 0.3) is 0 Å². The quantitative estimate of drug-likeness (QED) is 0.417. The van der Waals surface area contributed by atoms with Crippen LogP contribution in [0.1, 0.15) is 15.9 Å². The molecule has 17 heavy (non-hydrogen) atoms. The van der Waals surface area contributed by atoms with Crippen molar-refractivity contribution < 1.29 is 4.79 Å². The molecule has 0 unspecified atom stereocenters. The van der Waals surface area contributed by atoms with Gasteiger partial charge in [0.15, 0.2) is 5.78 Å². The maximum Gasteiger partial charge on any atom is 0.196 e. The molecule has 0 aliphatic rings. The van der Waals surface area contributed by atoms with E-state index in [0.717, 1.165) is 8.04 Å². The van der Waals surface area contributed by atoms with E-state index >= 15 is 0 Å². The van der Waals surface area contributed by atoms with Crippen molar-refractivity contribution in [3.8, 4) is 0 Å². The molecule has 2 rings (SSSR count). The van der Waals surface area contributed by atoms with Crippen molar-refractivity contribution in [3.05, 3.63) is 52.1 Å². The third kappa shape index (κ3) is 3.04. The lowest BCUT2D eigenvalue weighted by Gasteiger charge is -2.03. The van der Waals surface area contributed by atoms with E-state index in [1.54, 1.807) is 12.1 Å². The molecule has 1 aromatic carbocycles. The van der Waals surface area contributed by atoms with Crippen LogP contribution < -0.4 is 0 Å². The molecule has 1 nitrogen and oxygen atoms in total. The Morgan fingerprint density at radius 3 is 2.53 bits per heavy atom. The van der Waals surface area contributed by atoms with Crippen molar-refractivity contribution in [1.82, 2.24) is 0 Å². The molecule has 0 atom stereocenters. The summed E-state index contributed by atoms with van der Waals surface area (Å²) in [7, 11) is 0. The molecule has 6 heteroatoms. The zero-order valence-electron chi connectivity index (χ0n) is 8.14. The highest BCUT2D eigenvalue weighted by Crippen LogP contribution is 2.33. The van der Waals surface area contributed by atoms with Gasteiger partial charge in [-0.1, -0.05) is 39.1 Å². The number of benzene rings is 1. The summed E-state index contributed by atoms with van der Waals surface area (Å²) >= 11 is 18.5. The van der Waals surface area contributed by atoms with Crippen LogP contribution in [0.2, 0.25) is 8.67 Å². The average Bonchev–Trinajstić information content (AvgIpc) is 2.60. The van der Waals surface area contributed by atoms with Gasteiger partial charge in [0, 0.05) is 13.6 Å². The first-order valence-corrected chi connectivity index (χ1v) is 7.88. The van der Waals surface area contributed by atoms with Gasteiger partial charge in [-0.25, -0.2) is 0 Å². The molecule has 1 aromatic heterocycles. The molecule has 0 saturated carbocycles. The Morgan fingerprint density at radius 1 is 1.24 bits per heavy atom. The molecule has 0 bridgehead atoms. The third-order valence-corrected chi connectivity index (χ3v) is 5.00. The predicted molar refractivity (Wildman–Crippen MR) is 84.6 cm³/mol. The van der Waals surface area contributed by atoms with Gasteiger partial charge in [-0.15, -0.1) is 11.3 Å². The Labute approximate surface area is 134 Å². The summed E-state index contributed by atoms with van der Waals surface area (Å²) < 4.78 is 2.69. The highest BCUT2D eigenvalue weighted by Gasteiger charge is 2.18. The largest absolute Gasteiger partial charge is 0.288 e. The lowest BCUT2D eigenvalue weighted by molar-refractivity contribution is 0.103. The molecule has 0 fully saturated rings. The van der Waals surface area contributed by atoms with Crippen LogP contribution in [0, 0.1) is 3.57 Å². The summed E-state index contributed by atoms with van der Waals surface area (Å²) in [5.74, 6) is -0.108. The van der Waals surface area contributed by atoms with Crippen LogP contribution in [0.5, 0.6) is 0 Å². The molecule has 0 saturated heterocycles. The van der Waals surface area contributed by atoms with Gasteiger partial charge in [0.2, 0.25) is 0 Å². The fraction of sp³-hybridized carbons (Fsp3) is 0. The van der Waals surface area contributed by atoms with Gasteiger partial charge in [0.05, 0.1) is 9.90 Å². The molecule has 0 aliphatic heterocycles. The number of thiophene rings is 1. The van der Waals surface area contributed by atoms with Crippen LogP contribution in [0.25, 0.3) is 0 Å². The second-order valence-electron chi connectivity index (χ2n) is 3.19. The van der Waals surface area contributed by atoms with E-state index in [-0.39, 0.29) is 5.78 Å². The Balaban J connectivity index is 2.50. The van der Waals surface area contributed by atoms with Crippen LogP contribution in [0.15, 0.2) is 28.7 Å². The van der Waals surface area contributed by atoms with Crippen LogP contribution in [-0.2, 0) is 0 Å². The Morgan fingerprint density at radius 2 is 1.94 bits per heavy atom. The third-order valence-electron chi connectivity index (χ3n) is 2.07. The van der Waals surface area contributed by atoms with E-state index in [1.807, 2.05) is 12.1 Å². The first-order chi connectivity index (χ1) is 7.99. The van der Waals surface area contributed by atoms with Gasteiger partial charge in [-0.2, -0.15) is 0 Å². The van der Waals surface area contributed by atoms with Gasteiger partial charge in [0.1, 0.15) is 4.34 Å². The maximum atomic E-state index is 12.3. The summed E-state index contributed by atoms with van der Waals surface area (Å²) in [5.41, 5.74) is 1.08. The molecule has 2 aromatic rings. The van der Waals surface area contributed by atoms with E-state index in [2.05, 4.69) is 38.5 Å². The Bertz CT molecular complexity index is 597. The lowest BCUT2D eigenvalue weighted by Crippen LogP contribution is -2.02. The molecule has 0 amide bonds. The minimum Gasteiger partial charge on any atom is -0.288 e. The van der Waals surface area contributed by atoms with Crippen molar-refractivity contribution >= 4 is 78.8 Å². The van der Waals surface area contributed by atoms with Crippen molar-refractivity contribution in [2.45, 2.75) is 0 Å². The number of hydrogen-bond acceptors (Lipinski definition) is 2. The number of carbonyl (C=O) groups excluding carboxylic acids is 1. The van der Waals surface area contributed by atoms with Crippen molar-refractivity contribution in [3.63, 3.8) is 0 Å². The summed E-state index contributed by atoms with van der Waals surface area (Å²) in [4.78, 5) is 12.3. The monoisotopic (exact) mass is 460 g/mol. The van der Waals surface area contributed by atoms with Crippen LogP contribution >= 0.6 is 73.1 Å². The smallest absolute Gasteiger partial charge is 0.196 e. The van der Waals surface area contributed by atoms with E-state index in [4.69, 9.17) is 23.2 Å². The highest BCUT2D eigenvalue weighted by molar-refractivity contribution is 14.1. The number of halogens is 4. The number of hydrogen-bond donors (Lipinski definition) is 0. The minimum absolute atomic E-state index is 0.108. The van der Waals surface area contributed by atoms with Crippen molar-refractivity contribution in [1.29, 1.82) is 0 Å². The fourth-order valence-corrected chi connectivity index (χ4v) is 3.71. The van der Waals surface area contributed by atoms with Crippen molar-refractivity contribution in [2.75, 3.05) is 0 Å². The number of ketones is 1. The fourth-order valence-electron chi connectivity index (χ4n) is 1.31. The molecule has 0 N–H and O–H groups in total. The second kappa shape index (κ2) is 5.57. The molecule has 88 valence electrons. The second-order valence-corrected chi connectivity index (χ2v) is 7.55. The van der Waals surface area contributed by atoms with E-state index in [1.165, 1.54) is 11.3 Å². The van der Waals surface area contributed by atoms with Crippen LogP contribution in [0.4, 0.5) is 0 Å². The number of carbonyl (C=O) groups is 1. The standard InChI is InChI=1S/C11H4BrCl2IOS/c12-5-1-2-8(15)6(3-5)10(16)7-4-9(13)17-11(7)14/h1-4H. The molecule has 0 aliphatic carbocycles. The molecular weight excluding hydrogens is 458 g/mol. The molecule has 0 radical (unpaired) electrons. The Hall–Kier alpha value is 0.380.